The fourth-order valence-electron chi connectivity index (χ4n) is 2.50. The molecular weight excluding hydrogens is 228 g/mol. The van der Waals surface area contributed by atoms with Gasteiger partial charge in [-0.2, -0.15) is 4.48 Å². The molecule has 0 fully saturated rings. The van der Waals surface area contributed by atoms with Gasteiger partial charge in [0.1, 0.15) is 23.8 Å². The third kappa shape index (κ3) is 1.62. The van der Waals surface area contributed by atoms with Crippen molar-refractivity contribution in [3.05, 3.63) is 30.1 Å². The molecule has 0 bridgehead atoms. The number of aromatic nitrogens is 2. The molecule has 1 aliphatic heterocycles. The Labute approximate surface area is 107 Å². The maximum atomic E-state index is 12.8. The summed E-state index contributed by atoms with van der Waals surface area (Å²) in [5, 5.41) is 0. The van der Waals surface area contributed by atoms with Crippen LogP contribution in [0.2, 0.25) is 0 Å². The highest BCUT2D eigenvalue weighted by molar-refractivity contribution is 5.81. The number of hydrogen-bond donors (Lipinski definition) is 0. The van der Waals surface area contributed by atoms with Gasteiger partial charge in [-0.05, 0) is 20.8 Å². The minimum atomic E-state index is -0.0278. The smallest absolute Gasteiger partial charge is 0.245 e. The van der Waals surface area contributed by atoms with Crippen LogP contribution in [0.4, 0.5) is 4.79 Å². The molecule has 0 radical (unpaired) electrons. The average molecular weight is 247 g/mol. The number of amides is 1. The van der Waals surface area contributed by atoms with E-state index >= 15 is 0 Å². The van der Waals surface area contributed by atoms with Gasteiger partial charge in [0, 0.05) is 18.8 Å². The number of hydrogen-bond acceptors (Lipinski definition) is 3. The van der Waals surface area contributed by atoms with Gasteiger partial charge in [0.05, 0.1) is 0 Å². The fraction of sp³-hybridized carbons (Fsp3) is 0.462. The number of allylic oxidation sites excluding steroid dienone is 2. The molecule has 2 heterocycles. The minimum absolute atomic E-state index is 0.0278. The molecule has 1 atom stereocenters. The highest BCUT2D eigenvalue weighted by Gasteiger charge is 2.47. The zero-order valence-electron chi connectivity index (χ0n) is 11.3. The monoisotopic (exact) mass is 247 g/mol. The molecule has 0 N–H and O–H groups in total. The van der Waals surface area contributed by atoms with Crippen LogP contribution in [0.3, 0.4) is 0 Å². The van der Waals surface area contributed by atoms with E-state index < -0.39 is 0 Å². The number of nitrogens with zero attached hydrogens (tertiary/aromatic N) is 4. The van der Waals surface area contributed by atoms with Crippen LogP contribution in [0.25, 0.3) is 0 Å². The lowest BCUT2D eigenvalue weighted by Crippen LogP contribution is -2.55. The maximum absolute atomic E-state index is 12.8. The second-order valence-corrected chi connectivity index (χ2v) is 4.75. The molecule has 96 valence electrons. The van der Waals surface area contributed by atoms with Crippen molar-refractivity contribution in [3.8, 4) is 0 Å². The van der Waals surface area contributed by atoms with E-state index in [4.69, 9.17) is 0 Å². The summed E-state index contributed by atoms with van der Waals surface area (Å²) in [7, 11) is 0. The van der Waals surface area contributed by atoms with Gasteiger partial charge in [-0.1, -0.05) is 6.92 Å². The standard InChI is InChI=1S/C13H19N4O/c1-5-12-11(4)15-9-17(12,10(2)3)13(18)16-7-6-14-8-16/h6-10H,5H2,1-4H3/q+1. The van der Waals surface area contributed by atoms with E-state index in [1.54, 1.807) is 25.1 Å². The van der Waals surface area contributed by atoms with Crippen LogP contribution in [-0.2, 0) is 0 Å². The molecule has 0 saturated carbocycles. The fourth-order valence-corrected chi connectivity index (χ4v) is 2.50. The van der Waals surface area contributed by atoms with Crippen LogP contribution in [0, 0.1) is 0 Å². The number of rotatable bonds is 2. The van der Waals surface area contributed by atoms with E-state index in [0.717, 1.165) is 17.8 Å². The minimum Gasteiger partial charge on any atom is -0.245 e. The predicted octanol–water partition coefficient (Wildman–Crippen LogP) is 2.76. The predicted molar refractivity (Wildman–Crippen MR) is 69.9 cm³/mol. The normalized spacial score (nSPS) is 23.2. The van der Waals surface area contributed by atoms with E-state index in [2.05, 4.69) is 16.9 Å². The third-order valence-electron chi connectivity index (χ3n) is 3.49. The molecule has 1 amide bonds. The zero-order chi connectivity index (χ0) is 13.3. The van der Waals surface area contributed by atoms with Gasteiger partial charge < -0.3 is 0 Å². The topological polar surface area (TPSA) is 47.2 Å². The summed E-state index contributed by atoms with van der Waals surface area (Å²) >= 11 is 0. The van der Waals surface area contributed by atoms with E-state index in [1.807, 2.05) is 20.8 Å². The van der Waals surface area contributed by atoms with Crippen molar-refractivity contribution in [2.24, 2.45) is 4.99 Å². The highest BCUT2D eigenvalue weighted by atomic mass is 16.2. The first kappa shape index (κ1) is 12.7. The van der Waals surface area contributed by atoms with Crippen LogP contribution in [0.5, 0.6) is 0 Å². The van der Waals surface area contributed by atoms with Crippen molar-refractivity contribution < 1.29 is 9.28 Å². The van der Waals surface area contributed by atoms with E-state index in [-0.39, 0.29) is 16.6 Å². The Morgan fingerprint density at radius 1 is 1.50 bits per heavy atom. The van der Waals surface area contributed by atoms with Gasteiger partial charge in [-0.3, -0.25) is 0 Å². The highest BCUT2D eigenvalue weighted by Crippen LogP contribution is 2.32. The number of quaternary nitrogens is 1. The summed E-state index contributed by atoms with van der Waals surface area (Å²) in [4.78, 5) is 21.1. The lowest BCUT2D eigenvalue weighted by atomic mass is 10.1. The van der Waals surface area contributed by atoms with Crippen molar-refractivity contribution in [1.82, 2.24) is 9.55 Å². The molecule has 18 heavy (non-hydrogen) atoms. The molecular formula is C13H19N4O+. The van der Waals surface area contributed by atoms with Gasteiger partial charge in [0.15, 0.2) is 0 Å². The summed E-state index contributed by atoms with van der Waals surface area (Å²) in [5.41, 5.74) is 2.00. The summed E-state index contributed by atoms with van der Waals surface area (Å²) in [6, 6.07) is 0.0796. The van der Waals surface area contributed by atoms with Gasteiger partial charge in [0.2, 0.25) is 6.34 Å². The summed E-state index contributed by atoms with van der Waals surface area (Å²) in [6.07, 6.45) is 7.40. The Balaban J connectivity index is 2.54. The second kappa shape index (κ2) is 4.49. The van der Waals surface area contributed by atoms with Gasteiger partial charge in [-0.25, -0.2) is 19.3 Å². The largest absolute Gasteiger partial charge is 0.439 e. The average Bonchev–Trinajstić information content (AvgIpc) is 2.95. The summed E-state index contributed by atoms with van der Waals surface area (Å²) in [5.74, 6) is 0. The van der Waals surface area contributed by atoms with Crippen molar-refractivity contribution in [1.29, 1.82) is 0 Å². The van der Waals surface area contributed by atoms with Crippen molar-refractivity contribution in [3.63, 3.8) is 0 Å². The molecule has 5 heteroatoms. The van der Waals surface area contributed by atoms with Crippen LogP contribution < -0.4 is 0 Å². The van der Waals surface area contributed by atoms with Crippen molar-refractivity contribution in [2.75, 3.05) is 0 Å². The Morgan fingerprint density at radius 3 is 2.72 bits per heavy atom. The van der Waals surface area contributed by atoms with E-state index in [9.17, 15) is 4.79 Å². The summed E-state index contributed by atoms with van der Waals surface area (Å²) < 4.78 is 1.69. The molecule has 1 unspecified atom stereocenters. The molecule has 5 nitrogen and oxygen atoms in total. The first-order chi connectivity index (χ1) is 8.54. The first-order valence-electron chi connectivity index (χ1n) is 6.20. The lowest BCUT2D eigenvalue weighted by molar-refractivity contribution is -0.734. The molecule has 1 aromatic heterocycles. The van der Waals surface area contributed by atoms with Crippen molar-refractivity contribution in [2.45, 2.75) is 40.2 Å². The van der Waals surface area contributed by atoms with Crippen LogP contribution >= 0.6 is 0 Å². The third-order valence-corrected chi connectivity index (χ3v) is 3.49. The van der Waals surface area contributed by atoms with Gasteiger partial charge >= 0.3 is 6.03 Å². The molecule has 1 aromatic rings. The molecule has 0 aromatic carbocycles. The first-order valence-corrected chi connectivity index (χ1v) is 6.20. The molecule has 2 rings (SSSR count). The zero-order valence-corrected chi connectivity index (χ0v) is 11.3. The molecule has 0 aliphatic carbocycles. The number of aliphatic imine (C=N–C) groups is 1. The summed E-state index contributed by atoms with van der Waals surface area (Å²) in [6.45, 7) is 8.09. The van der Waals surface area contributed by atoms with Crippen molar-refractivity contribution >= 4 is 12.4 Å². The van der Waals surface area contributed by atoms with Crippen LogP contribution in [0.1, 0.15) is 34.1 Å². The number of imidazole rings is 1. The lowest BCUT2D eigenvalue weighted by Gasteiger charge is -2.33. The maximum Gasteiger partial charge on any atom is 0.439 e. The quantitative estimate of drug-likeness (QED) is 0.754. The van der Waals surface area contributed by atoms with E-state index in [0.29, 0.717) is 0 Å². The van der Waals surface area contributed by atoms with Crippen LogP contribution in [0.15, 0.2) is 35.1 Å². The Morgan fingerprint density at radius 2 is 2.22 bits per heavy atom. The molecule has 0 spiro atoms. The Bertz CT molecular complexity index is 513. The number of carbonyl (C=O) groups is 1. The van der Waals surface area contributed by atoms with E-state index in [1.165, 1.54) is 4.57 Å². The Kier molecular flexibility index (Phi) is 3.17. The van der Waals surface area contributed by atoms with Crippen LogP contribution in [-0.4, -0.2) is 32.4 Å². The number of carbonyl (C=O) groups excluding carboxylic acids is 1. The molecule has 0 saturated heterocycles. The SMILES string of the molecule is CCC1=C(C)N=C[N+]1(C(=O)n1ccnc1)C(C)C. The Hall–Kier alpha value is -1.75. The second-order valence-electron chi connectivity index (χ2n) is 4.75. The van der Waals surface area contributed by atoms with Gasteiger partial charge in [0.25, 0.3) is 0 Å². The molecule has 1 aliphatic rings. The van der Waals surface area contributed by atoms with Gasteiger partial charge in [-0.15, -0.1) is 0 Å².